The molecule has 82 valence electrons. The first-order valence-electron chi connectivity index (χ1n) is 3.65. The molecular weight excluding hydrogens is 290 g/mol. The number of halogens is 1. The third-order valence-corrected chi connectivity index (χ3v) is 3.44. The zero-order valence-electron chi connectivity index (χ0n) is 7.47. The van der Waals surface area contributed by atoms with Crippen LogP contribution in [0.15, 0.2) is 21.5 Å². The zero-order chi connectivity index (χ0) is 11.8. The van der Waals surface area contributed by atoms with Crippen LogP contribution < -0.4 is 0 Å². The summed E-state index contributed by atoms with van der Waals surface area (Å²) in [5.41, 5.74) is -0.0654. The molecule has 0 fully saturated rings. The van der Waals surface area contributed by atoms with Crippen LogP contribution in [0.1, 0.15) is 5.56 Å². The van der Waals surface area contributed by atoms with Gasteiger partial charge in [0.1, 0.15) is 4.90 Å². The predicted molar refractivity (Wildman–Crippen MR) is 55.3 cm³/mol. The Bertz CT molecular complexity index is 524. The molecule has 1 N–H and O–H groups in total. The van der Waals surface area contributed by atoms with Gasteiger partial charge in [0, 0.05) is 16.1 Å². The zero-order valence-corrected chi connectivity index (χ0v) is 9.87. The van der Waals surface area contributed by atoms with Gasteiger partial charge >= 0.3 is 0 Å². The highest BCUT2D eigenvalue weighted by atomic mass is 79.9. The van der Waals surface area contributed by atoms with Gasteiger partial charge in [-0.05, 0) is 13.0 Å². The third kappa shape index (κ3) is 2.52. The Morgan fingerprint density at radius 1 is 1.47 bits per heavy atom. The van der Waals surface area contributed by atoms with Crippen LogP contribution in [0.4, 0.5) is 5.69 Å². The maximum atomic E-state index is 10.8. The van der Waals surface area contributed by atoms with E-state index in [0.29, 0.717) is 5.56 Å². The van der Waals surface area contributed by atoms with E-state index < -0.39 is 19.9 Å². The average Bonchev–Trinajstić information content (AvgIpc) is 2.06. The molecular formula is C7H6BrNO5S. The summed E-state index contributed by atoms with van der Waals surface area (Å²) in [6.45, 7) is 1.47. The monoisotopic (exact) mass is 295 g/mol. The largest absolute Gasteiger partial charge is 0.294 e. The van der Waals surface area contributed by atoms with Gasteiger partial charge in [-0.2, -0.15) is 8.42 Å². The minimum absolute atomic E-state index is 0.254. The van der Waals surface area contributed by atoms with Crippen LogP contribution in [0.2, 0.25) is 0 Å². The predicted octanol–water partition coefficient (Wildman–Crippen LogP) is 1.91. The average molecular weight is 296 g/mol. The first-order chi connectivity index (χ1) is 6.73. The number of nitrogens with zero attached hydrogens (tertiary/aromatic N) is 1. The molecule has 0 heterocycles. The number of rotatable bonds is 2. The van der Waals surface area contributed by atoms with E-state index in [0.717, 1.165) is 12.1 Å². The molecule has 15 heavy (non-hydrogen) atoms. The second-order valence-electron chi connectivity index (χ2n) is 2.78. The molecule has 0 unspecified atom stereocenters. The highest BCUT2D eigenvalue weighted by molar-refractivity contribution is 9.10. The van der Waals surface area contributed by atoms with Crippen molar-refractivity contribution in [2.75, 3.05) is 0 Å². The number of nitro groups is 1. The molecule has 0 aliphatic heterocycles. The van der Waals surface area contributed by atoms with Crippen molar-refractivity contribution in [2.45, 2.75) is 11.8 Å². The maximum absolute atomic E-state index is 10.8. The summed E-state index contributed by atoms with van der Waals surface area (Å²) in [5, 5.41) is 10.6. The number of hydrogen-bond acceptors (Lipinski definition) is 4. The third-order valence-electron chi connectivity index (χ3n) is 1.78. The van der Waals surface area contributed by atoms with E-state index in [9.17, 15) is 18.5 Å². The summed E-state index contributed by atoms with van der Waals surface area (Å²) in [4.78, 5) is 9.34. The summed E-state index contributed by atoms with van der Waals surface area (Å²) >= 11 is 2.98. The van der Waals surface area contributed by atoms with Crippen LogP contribution in [0.25, 0.3) is 0 Å². The van der Waals surface area contributed by atoms with E-state index in [1.165, 1.54) is 6.92 Å². The normalized spacial score (nSPS) is 11.4. The van der Waals surface area contributed by atoms with Crippen molar-refractivity contribution >= 4 is 31.7 Å². The molecule has 0 radical (unpaired) electrons. The Morgan fingerprint density at radius 2 is 2.00 bits per heavy atom. The second-order valence-corrected chi connectivity index (χ2v) is 5.06. The van der Waals surface area contributed by atoms with Gasteiger partial charge in [0.05, 0.1) is 4.92 Å². The Hall–Kier alpha value is -0.990. The van der Waals surface area contributed by atoms with Gasteiger partial charge in [-0.1, -0.05) is 15.9 Å². The SMILES string of the molecule is Cc1c(Br)cc(S(=O)(=O)O)cc1[N+](=O)[O-]. The molecule has 8 heteroatoms. The van der Waals surface area contributed by atoms with Gasteiger partial charge in [0.15, 0.2) is 0 Å². The molecule has 6 nitrogen and oxygen atoms in total. The smallest absolute Gasteiger partial charge is 0.282 e. The lowest BCUT2D eigenvalue weighted by molar-refractivity contribution is -0.385. The lowest BCUT2D eigenvalue weighted by Gasteiger charge is -2.02. The second kappa shape index (κ2) is 3.87. The van der Waals surface area contributed by atoms with Crippen molar-refractivity contribution < 1.29 is 17.9 Å². The van der Waals surface area contributed by atoms with Crippen LogP contribution in [-0.4, -0.2) is 17.9 Å². The van der Waals surface area contributed by atoms with Crippen molar-refractivity contribution in [2.24, 2.45) is 0 Å². The maximum Gasteiger partial charge on any atom is 0.294 e. The fourth-order valence-corrected chi connectivity index (χ4v) is 2.11. The summed E-state index contributed by atoms with van der Waals surface area (Å²) in [6, 6.07) is 1.92. The van der Waals surface area contributed by atoms with E-state index >= 15 is 0 Å². The van der Waals surface area contributed by atoms with Crippen LogP contribution in [0.5, 0.6) is 0 Å². The van der Waals surface area contributed by atoms with Crippen molar-refractivity contribution in [3.63, 3.8) is 0 Å². The van der Waals surface area contributed by atoms with Gasteiger partial charge in [0.2, 0.25) is 0 Å². The van der Waals surface area contributed by atoms with E-state index in [-0.39, 0.29) is 10.2 Å². The quantitative estimate of drug-likeness (QED) is 0.510. The summed E-state index contributed by atoms with van der Waals surface area (Å²) in [6.07, 6.45) is 0. The van der Waals surface area contributed by atoms with Gasteiger partial charge in [-0.3, -0.25) is 14.7 Å². The number of benzene rings is 1. The molecule has 1 aromatic carbocycles. The Morgan fingerprint density at radius 3 is 2.40 bits per heavy atom. The molecule has 0 saturated carbocycles. The first-order valence-corrected chi connectivity index (χ1v) is 5.89. The van der Waals surface area contributed by atoms with Crippen LogP contribution in [-0.2, 0) is 10.1 Å². The van der Waals surface area contributed by atoms with Gasteiger partial charge in [0.25, 0.3) is 15.8 Å². The van der Waals surface area contributed by atoms with Crippen molar-refractivity contribution in [1.29, 1.82) is 0 Å². The Kier molecular flexibility index (Phi) is 3.12. The summed E-state index contributed by atoms with van der Waals surface area (Å²) in [5.74, 6) is 0. The van der Waals surface area contributed by atoms with E-state index in [2.05, 4.69) is 15.9 Å². The van der Waals surface area contributed by atoms with Crippen molar-refractivity contribution in [3.05, 3.63) is 32.3 Å². The molecule has 0 aliphatic rings. The molecule has 1 rings (SSSR count). The van der Waals surface area contributed by atoms with Gasteiger partial charge in [-0.25, -0.2) is 0 Å². The van der Waals surface area contributed by atoms with Crippen molar-refractivity contribution in [1.82, 2.24) is 0 Å². The first kappa shape index (κ1) is 12.1. The van der Waals surface area contributed by atoms with E-state index in [1.807, 2.05) is 0 Å². The molecule has 0 spiro atoms. The topological polar surface area (TPSA) is 97.5 Å². The van der Waals surface area contributed by atoms with Gasteiger partial charge in [-0.15, -0.1) is 0 Å². The van der Waals surface area contributed by atoms with E-state index in [4.69, 9.17) is 4.55 Å². The highest BCUT2D eigenvalue weighted by Gasteiger charge is 2.20. The van der Waals surface area contributed by atoms with E-state index in [1.54, 1.807) is 0 Å². The molecule has 0 aromatic heterocycles. The van der Waals surface area contributed by atoms with Crippen LogP contribution in [0.3, 0.4) is 0 Å². The number of hydrogen-bond donors (Lipinski definition) is 1. The summed E-state index contributed by atoms with van der Waals surface area (Å²) < 4.78 is 30.6. The van der Waals surface area contributed by atoms with Crippen molar-refractivity contribution in [3.8, 4) is 0 Å². The fourth-order valence-electron chi connectivity index (χ4n) is 0.979. The number of nitro benzene ring substituents is 1. The lowest BCUT2D eigenvalue weighted by Crippen LogP contribution is -2.01. The van der Waals surface area contributed by atoms with Crippen LogP contribution >= 0.6 is 15.9 Å². The standard InChI is InChI=1S/C7H6BrNO5S/c1-4-6(8)2-5(15(12,13)14)3-7(4)9(10)11/h2-3H,1H3,(H,12,13,14). The minimum atomic E-state index is -4.43. The lowest BCUT2D eigenvalue weighted by atomic mass is 10.2. The van der Waals surface area contributed by atoms with Gasteiger partial charge < -0.3 is 0 Å². The molecule has 0 atom stereocenters. The highest BCUT2D eigenvalue weighted by Crippen LogP contribution is 2.29. The molecule has 0 amide bonds. The minimum Gasteiger partial charge on any atom is -0.282 e. The molecule has 0 aliphatic carbocycles. The summed E-state index contributed by atoms with van der Waals surface area (Å²) in [7, 11) is -4.43. The Labute approximate surface area is 93.9 Å². The Balaban J connectivity index is 3.57. The molecule has 0 bridgehead atoms. The fraction of sp³-hybridized carbons (Fsp3) is 0.143. The molecule has 1 aromatic rings. The molecule has 0 saturated heterocycles. The van der Waals surface area contributed by atoms with Crippen LogP contribution in [0, 0.1) is 17.0 Å².